The van der Waals surface area contributed by atoms with Gasteiger partial charge in [-0.1, -0.05) is 37.3 Å². The molecule has 1 heterocycles. The van der Waals surface area contributed by atoms with E-state index in [0.29, 0.717) is 25.6 Å². The van der Waals surface area contributed by atoms with Gasteiger partial charge in [0.05, 0.1) is 25.5 Å². The number of ether oxygens (including phenoxy) is 1. The van der Waals surface area contributed by atoms with E-state index < -0.39 is 0 Å². The summed E-state index contributed by atoms with van der Waals surface area (Å²) in [5, 5.41) is 4.61. The predicted octanol–water partition coefficient (Wildman–Crippen LogP) is 4.05. The fourth-order valence-electron chi connectivity index (χ4n) is 2.79. The number of hydrogen-bond donors (Lipinski definition) is 1. The van der Waals surface area contributed by atoms with Gasteiger partial charge in [-0.15, -0.1) is 0 Å². The zero-order valence-electron chi connectivity index (χ0n) is 14.3. The second-order valence-corrected chi connectivity index (χ2v) is 5.83. The van der Waals surface area contributed by atoms with Crippen molar-refractivity contribution in [3.63, 3.8) is 0 Å². The fourth-order valence-corrected chi connectivity index (χ4v) is 2.79. The minimum atomic E-state index is -0.261. The van der Waals surface area contributed by atoms with E-state index >= 15 is 0 Å². The van der Waals surface area contributed by atoms with E-state index in [2.05, 4.69) is 5.10 Å². The third kappa shape index (κ3) is 4.06. The van der Waals surface area contributed by atoms with Gasteiger partial charge in [0, 0.05) is 11.1 Å². The molecule has 0 fully saturated rings. The van der Waals surface area contributed by atoms with Crippen molar-refractivity contribution >= 4 is 5.82 Å². The summed E-state index contributed by atoms with van der Waals surface area (Å²) in [6.45, 7) is 3.70. The van der Waals surface area contributed by atoms with Crippen molar-refractivity contribution in [3.8, 4) is 11.3 Å². The molecule has 4 nitrogen and oxygen atoms in total. The smallest absolute Gasteiger partial charge is 0.125 e. The van der Waals surface area contributed by atoms with Crippen molar-refractivity contribution in [1.82, 2.24) is 9.78 Å². The van der Waals surface area contributed by atoms with Crippen LogP contribution in [0.25, 0.3) is 11.3 Å². The molecule has 0 amide bonds. The summed E-state index contributed by atoms with van der Waals surface area (Å²) in [5.41, 5.74) is 10.0. The predicted molar refractivity (Wildman–Crippen MR) is 97.5 cm³/mol. The lowest BCUT2D eigenvalue weighted by Gasteiger charge is -2.06. The van der Waals surface area contributed by atoms with Crippen LogP contribution in [-0.4, -0.2) is 16.4 Å². The molecule has 0 aliphatic rings. The molecular weight excluding hydrogens is 317 g/mol. The Bertz CT molecular complexity index is 813. The van der Waals surface area contributed by atoms with Gasteiger partial charge in [0.2, 0.25) is 0 Å². The molecule has 0 unspecified atom stereocenters. The van der Waals surface area contributed by atoms with Crippen molar-refractivity contribution in [2.45, 2.75) is 26.5 Å². The molecule has 0 spiro atoms. The van der Waals surface area contributed by atoms with E-state index in [1.54, 1.807) is 16.8 Å². The maximum atomic E-state index is 13.1. The van der Waals surface area contributed by atoms with Crippen LogP contribution in [0, 0.1) is 5.82 Å². The molecule has 0 saturated carbocycles. The number of benzene rings is 2. The molecule has 3 rings (SSSR count). The highest BCUT2D eigenvalue weighted by Gasteiger charge is 2.15. The minimum absolute atomic E-state index is 0.261. The Balaban J connectivity index is 1.68. The lowest BCUT2D eigenvalue weighted by atomic mass is 10.1. The number of anilines is 1. The zero-order valence-corrected chi connectivity index (χ0v) is 14.3. The maximum Gasteiger partial charge on any atom is 0.125 e. The van der Waals surface area contributed by atoms with Crippen molar-refractivity contribution in [1.29, 1.82) is 0 Å². The molecule has 0 radical (unpaired) electrons. The van der Waals surface area contributed by atoms with Gasteiger partial charge in [0.1, 0.15) is 11.6 Å². The number of nitrogen functional groups attached to an aromatic ring is 1. The van der Waals surface area contributed by atoms with Crippen LogP contribution in [0.4, 0.5) is 10.2 Å². The van der Waals surface area contributed by atoms with Crippen LogP contribution in [0.2, 0.25) is 0 Å². The lowest BCUT2D eigenvalue weighted by Crippen LogP contribution is -2.10. The molecule has 0 bridgehead atoms. The van der Waals surface area contributed by atoms with E-state index in [0.717, 1.165) is 28.8 Å². The Kier molecular flexibility index (Phi) is 5.46. The van der Waals surface area contributed by atoms with Crippen molar-refractivity contribution in [2.24, 2.45) is 0 Å². The van der Waals surface area contributed by atoms with E-state index in [4.69, 9.17) is 10.5 Å². The Morgan fingerprint density at radius 1 is 1.08 bits per heavy atom. The normalized spacial score (nSPS) is 11.0. The van der Waals surface area contributed by atoms with Crippen molar-refractivity contribution in [2.75, 3.05) is 12.3 Å². The van der Waals surface area contributed by atoms with Crippen LogP contribution < -0.4 is 5.73 Å². The lowest BCUT2D eigenvalue weighted by molar-refractivity contribution is 0.111. The molecule has 2 N–H and O–H groups in total. The third-order valence-corrected chi connectivity index (χ3v) is 4.12. The number of nitrogens with zero attached hydrogens (tertiary/aromatic N) is 2. The van der Waals surface area contributed by atoms with Gasteiger partial charge >= 0.3 is 0 Å². The van der Waals surface area contributed by atoms with Crippen molar-refractivity contribution in [3.05, 3.63) is 71.5 Å². The molecule has 1 aromatic heterocycles. The number of rotatable bonds is 7. The van der Waals surface area contributed by atoms with Crippen LogP contribution in [-0.2, 0) is 24.3 Å². The number of halogens is 1. The first-order chi connectivity index (χ1) is 12.2. The fraction of sp³-hybridized carbons (Fsp3) is 0.250. The standard InChI is InChI=1S/C20H22FN3O/c1-2-18-19(16-8-10-17(21)11-9-16)23-24(20(18)22)12-13-25-14-15-6-4-3-5-7-15/h3-11H,2,12-14,22H2,1H3. The second kappa shape index (κ2) is 7.94. The van der Waals surface area contributed by atoms with Gasteiger partial charge in [-0.3, -0.25) is 0 Å². The molecule has 25 heavy (non-hydrogen) atoms. The van der Waals surface area contributed by atoms with Gasteiger partial charge in [-0.25, -0.2) is 9.07 Å². The maximum absolute atomic E-state index is 13.1. The third-order valence-electron chi connectivity index (χ3n) is 4.12. The van der Waals surface area contributed by atoms with Crippen LogP contribution in [0.15, 0.2) is 54.6 Å². The molecule has 3 aromatic rings. The van der Waals surface area contributed by atoms with Crippen LogP contribution in [0.5, 0.6) is 0 Å². The summed E-state index contributed by atoms with van der Waals surface area (Å²) in [4.78, 5) is 0. The Morgan fingerprint density at radius 2 is 1.80 bits per heavy atom. The van der Waals surface area contributed by atoms with Gasteiger partial charge in [0.25, 0.3) is 0 Å². The van der Waals surface area contributed by atoms with E-state index in [1.165, 1.54) is 12.1 Å². The first-order valence-electron chi connectivity index (χ1n) is 8.41. The van der Waals surface area contributed by atoms with E-state index in [1.807, 2.05) is 37.3 Å². The van der Waals surface area contributed by atoms with E-state index in [9.17, 15) is 4.39 Å². The van der Waals surface area contributed by atoms with Crippen LogP contribution >= 0.6 is 0 Å². The SMILES string of the molecule is CCc1c(-c2ccc(F)cc2)nn(CCOCc2ccccc2)c1N. The molecule has 0 aliphatic carbocycles. The second-order valence-electron chi connectivity index (χ2n) is 5.83. The summed E-state index contributed by atoms with van der Waals surface area (Å²) in [7, 11) is 0. The number of aromatic nitrogens is 2. The summed E-state index contributed by atoms with van der Waals surface area (Å²) in [5.74, 6) is 0.383. The van der Waals surface area contributed by atoms with Gasteiger partial charge in [-0.2, -0.15) is 5.10 Å². The Morgan fingerprint density at radius 3 is 2.48 bits per heavy atom. The van der Waals surface area contributed by atoms with Crippen LogP contribution in [0.1, 0.15) is 18.1 Å². The molecule has 0 aliphatic heterocycles. The average Bonchev–Trinajstić information content (AvgIpc) is 2.96. The summed E-state index contributed by atoms with van der Waals surface area (Å²) in [6.07, 6.45) is 0.767. The molecule has 130 valence electrons. The summed E-state index contributed by atoms with van der Waals surface area (Å²) >= 11 is 0. The average molecular weight is 339 g/mol. The zero-order chi connectivity index (χ0) is 17.6. The Labute approximate surface area is 147 Å². The number of nitrogens with two attached hydrogens (primary N) is 1. The molecule has 2 aromatic carbocycles. The summed E-state index contributed by atoms with van der Waals surface area (Å²) < 4.78 is 20.6. The number of hydrogen-bond acceptors (Lipinski definition) is 3. The molecule has 0 atom stereocenters. The highest BCUT2D eigenvalue weighted by atomic mass is 19.1. The quantitative estimate of drug-likeness (QED) is 0.661. The Hall–Kier alpha value is -2.66. The van der Waals surface area contributed by atoms with Gasteiger partial charge in [0.15, 0.2) is 0 Å². The van der Waals surface area contributed by atoms with E-state index in [-0.39, 0.29) is 5.82 Å². The first-order valence-corrected chi connectivity index (χ1v) is 8.41. The molecule has 5 heteroatoms. The monoisotopic (exact) mass is 339 g/mol. The summed E-state index contributed by atoms with van der Waals surface area (Å²) in [6, 6.07) is 16.4. The van der Waals surface area contributed by atoms with Gasteiger partial charge < -0.3 is 10.5 Å². The highest BCUT2D eigenvalue weighted by molar-refractivity contribution is 5.68. The minimum Gasteiger partial charge on any atom is -0.384 e. The van der Waals surface area contributed by atoms with Crippen LogP contribution in [0.3, 0.4) is 0 Å². The topological polar surface area (TPSA) is 53.1 Å². The highest BCUT2D eigenvalue weighted by Crippen LogP contribution is 2.27. The van der Waals surface area contributed by atoms with Gasteiger partial charge in [-0.05, 0) is 36.2 Å². The van der Waals surface area contributed by atoms with Crippen molar-refractivity contribution < 1.29 is 9.13 Å². The molecule has 0 saturated heterocycles. The molecular formula is C20H22FN3O. The first kappa shape index (κ1) is 17.2. The largest absolute Gasteiger partial charge is 0.384 e.